The zero-order valence-corrected chi connectivity index (χ0v) is 9.83. The molecule has 0 spiro atoms. The largest absolute Gasteiger partial charge is 0.419 e. The van der Waals surface area contributed by atoms with E-state index in [4.69, 9.17) is 0 Å². The fourth-order valence-corrected chi connectivity index (χ4v) is 1.65. The summed E-state index contributed by atoms with van der Waals surface area (Å²) in [6.45, 7) is 0. The van der Waals surface area contributed by atoms with Gasteiger partial charge in [0.1, 0.15) is 17.7 Å². The zero-order valence-electron chi connectivity index (χ0n) is 9.83. The van der Waals surface area contributed by atoms with Crippen molar-refractivity contribution < 1.29 is 27.1 Å². The van der Waals surface area contributed by atoms with E-state index < -0.39 is 29.5 Å². The van der Waals surface area contributed by atoms with Gasteiger partial charge in [-0.1, -0.05) is 6.07 Å². The molecule has 106 valence electrons. The number of nitrogens with zero attached hydrogens (tertiary/aromatic N) is 1. The van der Waals surface area contributed by atoms with Crippen LogP contribution in [0.3, 0.4) is 0 Å². The first-order valence-corrected chi connectivity index (χ1v) is 5.45. The Balaban J connectivity index is 2.34. The summed E-state index contributed by atoms with van der Waals surface area (Å²) in [7, 11) is 0. The quantitative estimate of drug-likeness (QED) is 0.859. The Kier molecular flexibility index (Phi) is 3.71. The number of alkyl halides is 3. The van der Waals surface area contributed by atoms with Crippen LogP contribution >= 0.6 is 0 Å². The van der Waals surface area contributed by atoms with E-state index in [1.165, 1.54) is 0 Å². The number of benzene rings is 1. The fraction of sp³-hybridized carbons (Fsp3) is 0.154. The average Bonchev–Trinajstić information content (AvgIpc) is 2.37. The van der Waals surface area contributed by atoms with Crippen molar-refractivity contribution >= 4 is 0 Å². The van der Waals surface area contributed by atoms with Crippen molar-refractivity contribution in [1.82, 2.24) is 4.98 Å². The minimum atomic E-state index is -4.80. The van der Waals surface area contributed by atoms with Gasteiger partial charge in [-0.05, 0) is 29.8 Å². The molecule has 2 nitrogen and oxygen atoms in total. The van der Waals surface area contributed by atoms with Crippen molar-refractivity contribution in [2.24, 2.45) is 0 Å². The van der Waals surface area contributed by atoms with Crippen LogP contribution in [0.15, 0.2) is 36.5 Å². The summed E-state index contributed by atoms with van der Waals surface area (Å²) >= 11 is 0. The fourth-order valence-electron chi connectivity index (χ4n) is 1.65. The van der Waals surface area contributed by atoms with Gasteiger partial charge in [0.25, 0.3) is 0 Å². The lowest BCUT2D eigenvalue weighted by atomic mass is 10.0. The van der Waals surface area contributed by atoms with E-state index in [0.29, 0.717) is 12.1 Å². The Morgan fingerprint density at radius 3 is 2.25 bits per heavy atom. The van der Waals surface area contributed by atoms with Crippen molar-refractivity contribution in [3.63, 3.8) is 0 Å². The molecule has 0 aliphatic heterocycles. The van der Waals surface area contributed by atoms with Gasteiger partial charge >= 0.3 is 6.18 Å². The molecule has 0 saturated heterocycles. The number of hydrogen-bond acceptors (Lipinski definition) is 2. The predicted molar refractivity (Wildman–Crippen MR) is 59.7 cm³/mol. The summed E-state index contributed by atoms with van der Waals surface area (Å²) in [5.74, 6) is -2.12. The normalized spacial score (nSPS) is 13.3. The lowest BCUT2D eigenvalue weighted by Gasteiger charge is -2.13. The number of aromatic nitrogens is 1. The van der Waals surface area contributed by atoms with Crippen LogP contribution in [0, 0.1) is 11.6 Å². The Bertz CT molecular complexity index is 609. The third kappa shape index (κ3) is 2.93. The van der Waals surface area contributed by atoms with Crippen LogP contribution in [-0.4, -0.2) is 10.1 Å². The first kappa shape index (κ1) is 14.4. The third-order valence-corrected chi connectivity index (χ3v) is 2.64. The monoisotopic (exact) mass is 289 g/mol. The van der Waals surface area contributed by atoms with Gasteiger partial charge in [0.2, 0.25) is 0 Å². The molecule has 1 aromatic carbocycles. The van der Waals surface area contributed by atoms with E-state index in [-0.39, 0.29) is 11.3 Å². The van der Waals surface area contributed by atoms with Crippen LogP contribution in [0.5, 0.6) is 0 Å². The number of aliphatic hydroxyl groups excluding tert-OH is 1. The van der Waals surface area contributed by atoms with E-state index in [1.807, 2.05) is 0 Å². The van der Waals surface area contributed by atoms with E-state index >= 15 is 0 Å². The highest BCUT2D eigenvalue weighted by atomic mass is 19.4. The minimum Gasteiger partial charge on any atom is -0.382 e. The van der Waals surface area contributed by atoms with Gasteiger partial charge in [-0.15, -0.1) is 0 Å². The molecule has 1 aromatic heterocycles. The van der Waals surface area contributed by atoms with Gasteiger partial charge < -0.3 is 5.11 Å². The summed E-state index contributed by atoms with van der Waals surface area (Å²) in [6.07, 6.45) is -5.40. The van der Waals surface area contributed by atoms with Crippen molar-refractivity contribution in [1.29, 1.82) is 0 Å². The molecule has 7 heteroatoms. The average molecular weight is 289 g/mol. The summed E-state index contributed by atoms with van der Waals surface area (Å²) in [5, 5.41) is 9.87. The number of rotatable bonds is 2. The van der Waals surface area contributed by atoms with E-state index in [1.54, 1.807) is 0 Å². The zero-order chi connectivity index (χ0) is 14.9. The molecule has 0 aliphatic carbocycles. The van der Waals surface area contributed by atoms with E-state index in [2.05, 4.69) is 4.98 Å². The molecule has 1 unspecified atom stereocenters. The van der Waals surface area contributed by atoms with E-state index in [9.17, 15) is 27.1 Å². The van der Waals surface area contributed by atoms with Gasteiger partial charge in [-0.3, -0.25) is 4.98 Å². The van der Waals surface area contributed by atoms with Crippen LogP contribution in [0.1, 0.15) is 22.9 Å². The van der Waals surface area contributed by atoms with Crippen LogP contribution in [0.4, 0.5) is 22.0 Å². The molecule has 2 aromatic rings. The van der Waals surface area contributed by atoms with Gasteiger partial charge in [-0.25, -0.2) is 8.78 Å². The Labute approximate surface area is 110 Å². The maximum atomic E-state index is 13.4. The van der Waals surface area contributed by atoms with Gasteiger partial charge in [0.15, 0.2) is 0 Å². The number of aliphatic hydroxyl groups is 1. The summed E-state index contributed by atoms with van der Waals surface area (Å²) in [6, 6.07) is 4.26. The van der Waals surface area contributed by atoms with Crippen molar-refractivity contribution in [3.05, 3.63) is 65.0 Å². The second kappa shape index (κ2) is 5.16. The smallest absolute Gasteiger partial charge is 0.382 e. The van der Waals surface area contributed by atoms with Gasteiger partial charge in [-0.2, -0.15) is 13.2 Å². The lowest BCUT2D eigenvalue weighted by Crippen LogP contribution is -2.10. The molecular weight excluding hydrogens is 281 g/mol. The Morgan fingerprint density at radius 2 is 1.75 bits per heavy atom. The highest BCUT2D eigenvalue weighted by Gasteiger charge is 2.34. The molecule has 0 amide bonds. The molecule has 1 heterocycles. The molecular formula is C13H8F5NO. The highest BCUT2D eigenvalue weighted by molar-refractivity contribution is 5.31. The molecule has 0 bridgehead atoms. The van der Waals surface area contributed by atoms with Crippen LogP contribution in [-0.2, 0) is 6.18 Å². The summed E-state index contributed by atoms with van der Waals surface area (Å²) in [5.41, 5.74) is -1.51. The second-order valence-corrected chi connectivity index (χ2v) is 4.04. The molecule has 0 saturated carbocycles. The number of hydrogen-bond donors (Lipinski definition) is 1. The molecule has 1 N–H and O–H groups in total. The first-order valence-electron chi connectivity index (χ1n) is 5.45. The molecule has 2 rings (SSSR count). The predicted octanol–water partition coefficient (Wildman–Crippen LogP) is 3.46. The Hall–Kier alpha value is -2.02. The Morgan fingerprint density at radius 1 is 1.05 bits per heavy atom. The van der Waals surface area contributed by atoms with Crippen LogP contribution < -0.4 is 0 Å². The summed E-state index contributed by atoms with van der Waals surface area (Å²) < 4.78 is 63.2. The molecule has 1 atom stereocenters. The topological polar surface area (TPSA) is 33.1 Å². The number of pyridine rings is 1. The van der Waals surface area contributed by atoms with Crippen LogP contribution in [0.2, 0.25) is 0 Å². The second-order valence-electron chi connectivity index (χ2n) is 4.04. The lowest BCUT2D eigenvalue weighted by molar-refractivity contribution is -0.140. The third-order valence-electron chi connectivity index (χ3n) is 2.64. The maximum Gasteiger partial charge on any atom is 0.419 e. The maximum absolute atomic E-state index is 13.4. The summed E-state index contributed by atoms with van der Waals surface area (Å²) in [4.78, 5) is 3.59. The highest BCUT2D eigenvalue weighted by Crippen LogP contribution is 2.33. The molecule has 0 radical (unpaired) electrons. The number of halogens is 5. The van der Waals surface area contributed by atoms with Crippen molar-refractivity contribution in [2.75, 3.05) is 0 Å². The standard InChI is InChI=1S/C13H8F5NO/c14-8-2-4-11(19-6-8)12(20)7-1-3-9(10(15)5-7)13(16,17)18/h1-6,12,20H. The van der Waals surface area contributed by atoms with Gasteiger partial charge in [0.05, 0.1) is 17.5 Å². The molecule has 0 aliphatic rings. The SMILES string of the molecule is OC(c1ccc(C(F)(F)F)c(F)c1)c1ccc(F)cn1. The van der Waals surface area contributed by atoms with Crippen LogP contribution in [0.25, 0.3) is 0 Å². The molecule has 0 fully saturated rings. The van der Waals surface area contributed by atoms with Crippen molar-refractivity contribution in [2.45, 2.75) is 12.3 Å². The van der Waals surface area contributed by atoms with Crippen molar-refractivity contribution in [3.8, 4) is 0 Å². The minimum absolute atomic E-state index is 0.00515. The van der Waals surface area contributed by atoms with E-state index in [0.717, 1.165) is 24.4 Å². The first-order chi connectivity index (χ1) is 9.29. The molecule has 20 heavy (non-hydrogen) atoms. The van der Waals surface area contributed by atoms with Gasteiger partial charge in [0, 0.05) is 0 Å².